The maximum atomic E-state index is 12.0. The van der Waals surface area contributed by atoms with Crippen LogP contribution in [-0.2, 0) is 9.53 Å². The van der Waals surface area contributed by atoms with Crippen molar-refractivity contribution in [2.45, 2.75) is 121 Å². The Bertz CT molecular complexity index is 466. The lowest BCUT2D eigenvalue weighted by molar-refractivity contribution is -0.141. The van der Waals surface area contributed by atoms with Gasteiger partial charge in [0.05, 0.1) is 25.9 Å². The van der Waals surface area contributed by atoms with Crippen LogP contribution in [0.2, 0.25) is 0 Å². The van der Waals surface area contributed by atoms with Gasteiger partial charge in [-0.25, -0.2) is 0 Å². The topological polar surface area (TPSA) is 131 Å². The highest BCUT2D eigenvalue weighted by Gasteiger charge is 2.30. The van der Waals surface area contributed by atoms with Crippen molar-refractivity contribution in [3.8, 4) is 0 Å². The molecule has 0 radical (unpaired) electrons. The summed E-state index contributed by atoms with van der Waals surface area (Å²) in [5, 5.41) is 47.5. The van der Waals surface area contributed by atoms with Gasteiger partial charge in [0.15, 0.2) is 5.78 Å². The zero-order chi connectivity index (χ0) is 25.6. The fourth-order valence-electron chi connectivity index (χ4n) is 3.96. The monoisotopic (exact) mass is 491 g/mol. The maximum absolute atomic E-state index is 12.0. The summed E-state index contributed by atoms with van der Waals surface area (Å²) in [4.78, 5) is 13.5. The summed E-state index contributed by atoms with van der Waals surface area (Å²) in [7, 11) is 1.61. The van der Waals surface area contributed by atoms with Crippen LogP contribution in [0.1, 0.15) is 96.8 Å². The SMILES string of the molecule is CCCCCCCCCCCCCCCCOCC(O)CN(C)CC(=O)C(O)C(O)C(O)CO. The summed E-state index contributed by atoms with van der Waals surface area (Å²) in [6, 6.07) is 0. The summed E-state index contributed by atoms with van der Waals surface area (Å²) in [5.74, 6) is -0.696. The first-order valence-corrected chi connectivity index (χ1v) is 13.5. The molecule has 204 valence electrons. The van der Waals surface area contributed by atoms with Crippen LogP contribution in [0.25, 0.3) is 0 Å². The summed E-state index contributed by atoms with van der Waals surface area (Å²) in [5.41, 5.74) is 0. The summed E-state index contributed by atoms with van der Waals surface area (Å²) in [6.07, 6.45) is 12.3. The van der Waals surface area contributed by atoms with E-state index >= 15 is 0 Å². The van der Waals surface area contributed by atoms with Crippen LogP contribution in [0, 0.1) is 0 Å². The van der Waals surface area contributed by atoms with Crippen LogP contribution in [0.15, 0.2) is 0 Å². The van der Waals surface area contributed by atoms with E-state index in [9.17, 15) is 25.2 Å². The number of carbonyl (C=O) groups excluding carboxylic acids is 1. The predicted molar refractivity (Wildman–Crippen MR) is 135 cm³/mol. The zero-order valence-electron chi connectivity index (χ0n) is 21.7. The van der Waals surface area contributed by atoms with Crippen molar-refractivity contribution < 1.29 is 35.1 Å². The first kappa shape index (κ1) is 33.4. The highest BCUT2D eigenvalue weighted by Crippen LogP contribution is 2.13. The van der Waals surface area contributed by atoms with Gasteiger partial charge in [-0.05, 0) is 13.5 Å². The average Bonchev–Trinajstić information content (AvgIpc) is 2.82. The minimum Gasteiger partial charge on any atom is -0.394 e. The van der Waals surface area contributed by atoms with E-state index in [4.69, 9.17) is 9.84 Å². The highest BCUT2D eigenvalue weighted by atomic mass is 16.5. The molecule has 0 saturated carbocycles. The van der Waals surface area contributed by atoms with Gasteiger partial charge in [0.1, 0.15) is 18.3 Å². The third-order valence-corrected chi connectivity index (χ3v) is 6.14. The van der Waals surface area contributed by atoms with Crippen LogP contribution in [0.5, 0.6) is 0 Å². The molecule has 0 aromatic rings. The van der Waals surface area contributed by atoms with Crippen LogP contribution in [0.3, 0.4) is 0 Å². The molecular formula is C26H53NO7. The lowest BCUT2D eigenvalue weighted by Crippen LogP contribution is -2.47. The van der Waals surface area contributed by atoms with Crippen LogP contribution < -0.4 is 0 Å². The predicted octanol–water partition coefficient (Wildman–Crippen LogP) is 2.42. The fourth-order valence-corrected chi connectivity index (χ4v) is 3.96. The number of likely N-dealkylation sites (N-methyl/N-ethyl adjacent to an activating group) is 1. The molecule has 0 aliphatic heterocycles. The molecule has 0 aliphatic carbocycles. The van der Waals surface area contributed by atoms with Gasteiger partial charge in [-0.15, -0.1) is 0 Å². The molecular weight excluding hydrogens is 438 g/mol. The minimum absolute atomic E-state index is 0.172. The maximum Gasteiger partial charge on any atom is 0.177 e. The lowest BCUT2D eigenvalue weighted by Gasteiger charge is -2.24. The van der Waals surface area contributed by atoms with Crippen LogP contribution in [0.4, 0.5) is 0 Å². The van der Waals surface area contributed by atoms with Gasteiger partial charge in [0, 0.05) is 13.2 Å². The third-order valence-electron chi connectivity index (χ3n) is 6.14. The fraction of sp³-hybridized carbons (Fsp3) is 0.962. The Labute approximate surface area is 207 Å². The van der Waals surface area contributed by atoms with Crippen molar-refractivity contribution >= 4 is 5.78 Å². The number of Topliss-reactive ketones (excluding diaryl/α,β-unsaturated/α-hetero) is 1. The molecule has 0 heterocycles. The summed E-state index contributed by atoms with van der Waals surface area (Å²) >= 11 is 0. The second kappa shape index (κ2) is 22.8. The van der Waals surface area contributed by atoms with E-state index in [1.54, 1.807) is 7.05 Å². The molecule has 8 heteroatoms. The second-order valence-corrected chi connectivity index (χ2v) is 9.67. The van der Waals surface area contributed by atoms with Gasteiger partial charge in [-0.3, -0.25) is 9.69 Å². The molecule has 8 nitrogen and oxygen atoms in total. The van der Waals surface area contributed by atoms with Gasteiger partial charge in [0.2, 0.25) is 0 Å². The Morgan fingerprint density at radius 2 is 1.26 bits per heavy atom. The van der Waals surface area contributed by atoms with E-state index in [0.717, 1.165) is 12.8 Å². The molecule has 0 aliphatic rings. The summed E-state index contributed by atoms with van der Waals surface area (Å²) < 4.78 is 5.53. The smallest absolute Gasteiger partial charge is 0.177 e. The normalized spacial score (nSPS) is 15.4. The van der Waals surface area contributed by atoms with Crippen LogP contribution in [-0.4, -0.2) is 101 Å². The average molecular weight is 492 g/mol. The van der Waals surface area contributed by atoms with Crippen molar-refractivity contribution in [2.24, 2.45) is 0 Å². The van der Waals surface area contributed by atoms with E-state index in [0.29, 0.717) is 6.61 Å². The standard InChI is InChI=1S/C26H53NO7/c1-3-4-5-6-7-8-9-10-11-12-13-14-15-16-17-34-21-22(29)18-27(2)19-23(30)25(32)26(33)24(31)20-28/h22,24-26,28-29,31-33H,3-21H2,1-2H3. The molecule has 0 fully saturated rings. The molecule has 5 N–H and O–H groups in total. The number of aliphatic hydroxyl groups is 5. The first-order chi connectivity index (χ1) is 16.3. The number of nitrogens with zero attached hydrogens (tertiary/aromatic N) is 1. The Balaban J connectivity index is 3.56. The number of hydrogen-bond acceptors (Lipinski definition) is 8. The van der Waals surface area contributed by atoms with Gasteiger partial charge < -0.3 is 30.3 Å². The second-order valence-electron chi connectivity index (χ2n) is 9.67. The van der Waals surface area contributed by atoms with Crippen molar-refractivity contribution in [1.29, 1.82) is 0 Å². The molecule has 0 aromatic carbocycles. The van der Waals surface area contributed by atoms with Crippen molar-refractivity contribution in [2.75, 3.05) is 40.0 Å². The van der Waals surface area contributed by atoms with E-state index < -0.39 is 36.8 Å². The van der Waals surface area contributed by atoms with Gasteiger partial charge in [0.25, 0.3) is 0 Å². The van der Waals surface area contributed by atoms with Crippen LogP contribution >= 0.6 is 0 Å². The summed E-state index contributed by atoms with van der Waals surface area (Å²) in [6.45, 7) is 2.25. The zero-order valence-corrected chi connectivity index (χ0v) is 21.7. The Kier molecular flexibility index (Phi) is 22.4. The molecule has 0 saturated heterocycles. The number of carbonyl (C=O) groups is 1. The molecule has 0 spiro atoms. The largest absolute Gasteiger partial charge is 0.394 e. The van der Waals surface area contributed by atoms with Gasteiger partial charge >= 0.3 is 0 Å². The Morgan fingerprint density at radius 3 is 1.74 bits per heavy atom. The highest BCUT2D eigenvalue weighted by molar-refractivity contribution is 5.85. The number of ketones is 1. The molecule has 4 atom stereocenters. The van der Waals surface area contributed by atoms with Crippen molar-refractivity contribution in [3.05, 3.63) is 0 Å². The molecule has 34 heavy (non-hydrogen) atoms. The molecule has 0 rings (SSSR count). The van der Waals surface area contributed by atoms with E-state index in [2.05, 4.69) is 6.92 Å². The first-order valence-electron chi connectivity index (χ1n) is 13.5. The number of ether oxygens (including phenoxy) is 1. The number of unbranched alkanes of at least 4 members (excludes halogenated alkanes) is 13. The van der Waals surface area contributed by atoms with Crippen molar-refractivity contribution in [3.63, 3.8) is 0 Å². The minimum atomic E-state index is -1.79. The number of rotatable bonds is 25. The lowest BCUT2D eigenvalue weighted by atomic mass is 10.0. The quantitative estimate of drug-likeness (QED) is 0.123. The number of aliphatic hydroxyl groups excluding tert-OH is 5. The number of hydrogen-bond donors (Lipinski definition) is 5. The molecule has 0 bridgehead atoms. The van der Waals surface area contributed by atoms with Gasteiger partial charge in [-0.2, -0.15) is 0 Å². The molecule has 0 aromatic heterocycles. The van der Waals surface area contributed by atoms with E-state index in [-0.39, 0.29) is 19.7 Å². The van der Waals surface area contributed by atoms with E-state index in [1.165, 1.54) is 81.9 Å². The van der Waals surface area contributed by atoms with Crippen molar-refractivity contribution in [1.82, 2.24) is 4.90 Å². The Morgan fingerprint density at radius 1 is 0.794 bits per heavy atom. The van der Waals surface area contributed by atoms with E-state index in [1.807, 2.05) is 0 Å². The third kappa shape index (κ3) is 18.7. The Hall–Kier alpha value is -0.610. The molecule has 0 amide bonds. The molecule has 4 unspecified atom stereocenters. The van der Waals surface area contributed by atoms with Gasteiger partial charge in [-0.1, -0.05) is 90.4 Å².